The summed E-state index contributed by atoms with van der Waals surface area (Å²) in [6, 6.07) is 16.2. The van der Waals surface area contributed by atoms with E-state index in [1.165, 1.54) is 4.70 Å². The molecule has 0 aliphatic rings. The zero-order chi connectivity index (χ0) is 17.0. The van der Waals surface area contributed by atoms with E-state index in [1.54, 1.807) is 54.3 Å². The number of aromatic nitrogens is 1. The number of rotatable bonds is 7. The lowest BCUT2D eigenvalue weighted by Crippen LogP contribution is -2.55. The van der Waals surface area contributed by atoms with Crippen LogP contribution >= 0.6 is 32.9 Å². The van der Waals surface area contributed by atoms with Crippen LogP contribution in [0.5, 0.6) is 0 Å². The second-order valence-electron chi connectivity index (χ2n) is 4.78. The minimum Gasteiger partial charge on any atom is -0.373 e. The molecule has 0 aliphatic heterocycles. The van der Waals surface area contributed by atoms with Gasteiger partial charge in [0.25, 0.3) is 0 Å². The van der Waals surface area contributed by atoms with E-state index in [2.05, 4.69) is 17.1 Å². The lowest BCUT2D eigenvalue weighted by atomic mass is 10.3. The van der Waals surface area contributed by atoms with Gasteiger partial charge in [0, 0.05) is 31.4 Å². The summed E-state index contributed by atoms with van der Waals surface area (Å²) in [6.07, 6.45) is 0. The van der Waals surface area contributed by atoms with Crippen molar-refractivity contribution in [3.63, 3.8) is 0 Å². The van der Waals surface area contributed by atoms with E-state index in [-0.39, 0.29) is 0 Å². The van der Waals surface area contributed by atoms with Crippen LogP contribution in [0.25, 0.3) is 10.2 Å². The molecule has 3 rings (SSSR count). The van der Waals surface area contributed by atoms with Crippen LogP contribution in [0.3, 0.4) is 0 Å². The summed E-state index contributed by atoms with van der Waals surface area (Å²) in [4.78, 5) is 5.73. The molecule has 1 heterocycles. The third-order valence-electron chi connectivity index (χ3n) is 3.50. The van der Waals surface area contributed by atoms with E-state index < -0.39 is 8.80 Å². The van der Waals surface area contributed by atoms with Crippen molar-refractivity contribution in [2.45, 2.75) is 9.24 Å². The summed E-state index contributed by atoms with van der Waals surface area (Å²) in [5.74, 6) is 0. The number of benzene rings is 2. The molecule has 2 aromatic carbocycles. The maximum Gasteiger partial charge on any atom is 0.537 e. The van der Waals surface area contributed by atoms with Crippen LogP contribution in [-0.4, -0.2) is 35.1 Å². The Hall–Kier alpha value is -0.873. The van der Waals surface area contributed by atoms with Crippen molar-refractivity contribution in [1.82, 2.24) is 4.98 Å². The van der Waals surface area contributed by atoms with Crippen LogP contribution < -0.4 is 5.19 Å². The lowest BCUT2D eigenvalue weighted by molar-refractivity contribution is 0.140. The van der Waals surface area contributed by atoms with Gasteiger partial charge in [-0.25, -0.2) is 4.98 Å². The van der Waals surface area contributed by atoms with Gasteiger partial charge in [-0.2, -0.15) is 0 Å². The van der Waals surface area contributed by atoms with E-state index in [0.717, 1.165) is 19.9 Å². The first-order valence-electron chi connectivity index (χ1n) is 7.17. The minimum absolute atomic E-state index is 0.969. The van der Waals surface area contributed by atoms with Gasteiger partial charge in [0.05, 0.1) is 10.2 Å². The summed E-state index contributed by atoms with van der Waals surface area (Å²) in [7, 11) is 5.31. The minimum atomic E-state index is -2.86. The van der Waals surface area contributed by atoms with Crippen molar-refractivity contribution in [1.29, 1.82) is 0 Å². The van der Waals surface area contributed by atoms with E-state index in [1.807, 2.05) is 36.4 Å². The van der Waals surface area contributed by atoms with Crippen LogP contribution in [0.15, 0.2) is 57.8 Å². The monoisotopic (exact) mass is 395 g/mol. The van der Waals surface area contributed by atoms with Crippen LogP contribution in [-0.2, 0) is 13.3 Å². The molecule has 126 valence electrons. The van der Waals surface area contributed by atoms with Gasteiger partial charge < -0.3 is 13.3 Å². The molecule has 3 aromatic rings. The van der Waals surface area contributed by atoms with Crippen LogP contribution in [0, 0.1) is 0 Å². The zero-order valence-electron chi connectivity index (χ0n) is 13.5. The van der Waals surface area contributed by atoms with Crippen molar-refractivity contribution in [2.75, 3.05) is 21.3 Å². The lowest BCUT2D eigenvalue weighted by Gasteiger charge is -2.26. The Morgan fingerprint density at radius 3 is 2.25 bits per heavy atom. The van der Waals surface area contributed by atoms with Crippen molar-refractivity contribution in [3.8, 4) is 0 Å². The zero-order valence-corrected chi connectivity index (χ0v) is 17.0. The first kappa shape index (κ1) is 17.9. The van der Waals surface area contributed by atoms with Crippen LogP contribution in [0.2, 0.25) is 0 Å². The number of hydrogen-bond donors (Lipinski definition) is 0. The number of thiazole rings is 1. The summed E-state index contributed by atoms with van der Waals surface area (Å²) in [5, 5.41) is 0.969. The number of para-hydroxylation sites is 1. The summed E-state index contributed by atoms with van der Waals surface area (Å²) < 4.78 is 19.1. The summed E-state index contributed by atoms with van der Waals surface area (Å²) in [6.45, 7) is 0. The molecule has 4 nitrogen and oxygen atoms in total. The average molecular weight is 396 g/mol. The molecule has 0 aliphatic carbocycles. The predicted octanol–water partition coefficient (Wildman–Crippen LogP) is 4.18. The molecule has 24 heavy (non-hydrogen) atoms. The molecule has 8 heteroatoms. The first-order chi connectivity index (χ1) is 11.7. The molecule has 0 bridgehead atoms. The van der Waals surface area contributed by atoms with Crippen molar-refractivity contribution >= 4 is 57.1 Å². The number of hydrogen-bond acceptors (Lipinski definition) is 7. The molecule has 0 amide bonds. The Labute approximate surface area is 154 Å². The third-order valence-corrected chi connectivity index (χ3v) is 10.2. The standard InChI is InChI=1S/C16H17NO3S3Si/c1-18-24(19-2,20-3)15-11-7-6-10-14(15)22-23-16-17-12-8-4-5-9-13(12)21-16/h4-11H,1-3H3. The molecule has 0 fully saturated rings. The van der Waals surface area contributed by atoms with Gasteiger partial charge in [0.15, 0.2) is 4.34 Å². The molecule has 0 saturated carbocycles. The Morgan fingerprint density at radius 1 is 0.875 bits per heavy atom. The molecule has 0 saturated heterocycles. The normalized spacial score (nSPS) is 12.0. The third kappa shape index (κ3) is 3.55. The maximum absolute atomic E-state index is 5.62. The largest absolute Gasteiger partial charge is 0.537 e. The fourth-order valence-corrected chi connectivity index (χ4v) is 8.27. The van der Waals surface area contributed by atoms with Gasteiger partial charge in [-0.1, -0.05) is 41.1 Å². The molecule has 0 N–H and O–H groups in total. The number of fused-ring (bicyclic) bond motifs is 1. The predicted molar refractivity (Wildman–Crippen MR) is 104 cm³/mol. The Kier molecular flexibility index (Phi) is 5.98. The van der Waals surface area contributed by atoms with Gasteiger partial charge in [-0.15, -0.1) is 11.3 Å². The molecule has 0 radical (unpaired) electrons. The quantitative estimate of drug-likeness (QED) is 0.441. The van der Waals surface area contributed by atoms with Crippen molar-refractivity contribution in [2.24, 2.45) is 0 Å². The average Bonchev–Trinajstić information content (AvgIpc) is 3.06. The van der Waals surface area contributed by atoms with E-state index in [4.69, 9.17) is 13.3 Å². The molecule has 0 unspecified atom stereocenters. The summed E-state index contributed by atoms with van der Waals surface area (Å²) >= 11 is 1.70. The van der Waals surface area contributed by atoms with Crippen molar-refractivity contribution < 1.29 is 13.3 Å². The van der Waals surface area contributed by atoms with Gasteiger partial charge in [0.2, 0.25) is 0 Å². The van der Waals surface area contributed by atoms with E-state index >= 15 is 0 Å². The smallest absolute Gasteiger partial charge is 0.373 e. The van der Waals surface area contributed by atoms with Crippen LogP contribution in [0.4, 0.5) is 0 Å². The number of nitrogens with zero attached hydrogens (tertiary/aromatic N) is 1. The Morgan fingerprint density at radius 2 is 1.54 bits per heavy atom. The highest BCUT2D eigenvalue weighted by Gasteiger charge is 2.42. The van der Waals surface area contributed by atoms with Crippen LogP contribution in [0.1, 0.15) is 0 Å². The van der Waals surface area contributed by atoms with Gasteiger partial charge in [0.1, 0.15) is 0 Å². The fourth-order valence-electron chi connectivity index (χ4n) is 2.34. The molecular formula is C16H17NO3S3Si. The summed E-state index contributed by atoms with van der Waals surface area (Å²) in [5.41, 5.74) is 1.04. The SMILES string of the molecule is CO[Si](OC)(OC)c1ccccc1SSc1nc2ccccc2s1. The molecule has 0 atom stereocenters. The van der Waals surface area contributed by atoms with Crippen molar-refractivity contribution in [3.05, 3.63) is 48.5 Å². The molecule has 0 spiro atoms. The van der Waals surface area contributed by atoms with Gasteiger partial charge >= 0.3 is 8.80 Å². The fraction of sp³-hybridized carbons (Fsp3) is 0.188. The Bertz CT molecular complexity index is 782. The molecular weight excluding hydrogens is 378 g/mol. The van der Waals surface area contributed by atoms with E-state index in [9.17, 15) is 0 Å². The first-order valence-corrected chi connectivity index (χ1v) is 11.9. The topological polar surface area (TPSA) is 40.6 Å². The highest BCUT2D eigenvalue weighted by Crippen LogP contribution is 2.40. The van der Waals surface area contributed by atoms with Gasteiger partial charge in [-0.05, 0) is 29.0 Å². The second kappa shape index (κ2) is 8.00. The molecule has 1 aromatic heterocycles. The maximum atomic E-state index is 5.62. The highest BCUT2D eigenvalue weighted by atomic mass is 33.1. The second-order valence-corrected chi connectivity index (χ2v) is 11.1. The van der Waals surface area contributed by atoms with E-state index in [0.29, 0.717) is 0 Å². The van der Waals surface area contributed by atoms with Gasteiger partial charge in [-0.3, -0.25) is 0 Å². The Balaban J connectivity index is 1.85. The highest BCUT2D eigenvalue weighted by molar-refractivity contribution is 8.77.